The van der Waals surface area contributed by atoms with E-state index in [1.165, 1.54) is 42.3 Å². The van der Waals surface area contributed by atoms with Gasteiger partial charge in [0, 0.05) is 16.8 Å². The van der Waals surface area contributed by atoms with Crippen LogP contribution in [0.25, 0.3) is 0 Å². The molecule has 6 nitrogen and oxygen atoms in total. The summed E-state index contributed by atoms with van der Waals surface area (Å²) in [5.41, 5.74) is 1.82. The van der Waals surface area contributed by atoms with Crippen LogP contribution in [0.3, 0.4) is 0 Å². The Labute approximate surface area is 172 Å². The van der Waals surface area contributed by atoms with Crippen LogP contribution in [0.4, 0.5) is 5.00 Å². The highest BCUT2D eigenvalue weighted by atomic mass is 32.2. The number of thioether (sulfide) groups is 1. The molecule has 28 heavy (non-hydrogen) atoms. The number of thiophene rings is 1. The number of carbonyl (C=O) groups excluding carboxylic acids is 1. The van der Waals surface area contributed by atoms with Crippen molar-refractivity contribution in [2.75, 3.05) is 11.1 Å². The molecule has 1 atom stereocenters. The monoisotopic (exact) mass is 413 g/mol. The third-order valence-corrected chi connectivity index (χ3v) is 7.87. The minimum atomic E-state index is -0.0773. The van der Waals surface area contributed by atoms with Crippen LogP contribution < -0.4 is 5.32 Å². The van der Waals surface area contributed by atoms with Crippen molar-refractivity contribution in [3.05, 3.63) is 21.8 Å². The van der Waals surface area contributed by atoms with E-state index in [2.05, 4.69) is 33.1 Å². The molecule has 3 aliphatic rings. The zero-order valence-corrected chi connectivity index (χ0v) is 17.5. The Morgan fingerprint density at radius 3 is 2.86 bits per heavy atom. The van der Waals surface area contributed by atoms with Crippen molar-refractivity contribution in [3.63, 3.8) is 0 Å². The normalized spacial score (nSPS) is 21.2. The molecule has 0 radical (unpaired) electrons. The first-order chi connectivity index (χ1) is 13.6. The Morgan fingerprint density at radius 2 is 2.14 bits per heavy atom. The smallest absolute Gasteiger partial charge is 0.235 e. The van der Waals surface area contributed by atoms with Crippen molar-refractivity contribution >= 4 is 34.0 Å². The highest BCUT2D eigenvalue weighted by molar-refractivity contribution is 7.99. The van der Waals surface area contributed by atoms with Crippen molar-refractivity contribution < 1.29 is 4.79 Å². The Balaban J connectivity index is 1.27. The Morgan fingerprint density at radius 1 is 1.32 bits per heavy atom. The first kappa shape index (κ1) is 18.2. The predicted octanol–water partition coefficient (Wildman–Crippen LogP) is 4.28. The van der Waals surface area contributed by atoms with Gasteiger partial charge in [-0.05, 0) is 56.4 Å². The van der Waals surface area contributed by atoms with Crippen molar-refractivity contribution in [3.8, 4) is 6.07 Å². The zero-order chi connectivity index (χ0) is 19.3. The summed E-state index contributed by atoms with van der Waals surface area (Å²) in [4.78, 5) is 13.9. The number of carbonyl (C=O) groups is 1. The SMILES string of the molecule is C[C@H]1CCc2c(sc(NC(=O)CSc3nnc(C4CC4)n3C3CC3)c2C#N)C1. The summed E-state index contributed by atoms with van der Waals surface area (Å²) >= 11 is 3.03. The van der Waals surface area contributed by atoms with Crippen LogP contribution in [-0.4, -0.2) is 26.4 Å². The molecule has 0 spiro atoms. The van der Waals surface area contributed by atoms with Crippen molar-refractivity contribution in [1.82, 2.24) is 14.8 Å². The minimum Gasteiger partial charge on any atom is -0.316 e. The Bertz CT molecular complexity index is 964. The van der Waals surface area contributed by atoms with Gasteiger partial charge >= 0.3 is 0 Å². The molecular weight excluding hydrogens is 390 g/mol. The summed E-state index contributed by atoms with van der Waals surface area (Å²) in [7, 11) is 0. The molecule has 0 bridgehead atoms. The lowest BCUT2D eigenvalue weighted by Gasteiger charge is -2.17. The number of nitriles is 1. The van der Waals surface area contributed by atoms with E-state index in [-0.39, 0.29) is 5.91 Å². The largest absolute Gasteiger partial charge is 0.316 e. The first-order valence-corrected chi connectivity index (χ1v) is 11.9. The van der Waals surface area contributed by atoms with Gasteiger partial charge in [0.05, 0.1) is 11.3 Å². The van der Waals surface area contributed by atoms with Gasteiger partial charge in [0.15, 0.2) is 5.16 Å². The maximum absolute atomic E-state index is 12.6. The second-order valence-electron chi connectivity index (χ2n) is 8.22. The van der Waals surface area contributed by atoms with Crippen molar-refractivity contribution in [2.45, 2.75) is 69.0 Å². The first-order valence-electron chi connectivity index (χ1n) is 10.1. The maximum Gasteiger partial charge on any atom is 0.235 e. The summed E-state index contributed by atoms with van der Waals surface area (Å²) in [5, 5.41) is 22.9. The molecule has 1 amide bonds. The molecule has 3 aliphatic carbocycles. The lowest BCUT2D eigenvalue weighted by molar-refractivity contribution is -0.113. The molecule has 2 fully saturated rings. The van der Waals surface area contributed by atoms with Gasteiger partial charge in [0.25, 0.3) is 0 Å². The number of aromatic nitrogens is 3. The molecular formula is C20H23N5OS2. The van der Waals surface area contributed by atoms with Gasteiger partial charge in [-0.25, -0.2) is 0 Å². The fourth-order valence-corrected chi connectivity index (χ4v) is 6.12. The summed E-state index contributed by atoms with van der Waals surface area (Å²) < 4.78 is 2.27. The van der Waals surface area contributed by atoms with Crippen LogP contribution in [0, 0.1) is 17.2 Å². The van der Waals surface area contributed by atoms with Gasteiger partial charge in [-0.2, -0.15) is 5.26 Å². The fraction of sp³-hybridized carbons (Fsp3) is 0.600. The highest BCUT2D eigenvalue weighted by Crippen LogP contribution is 2.46. The summed E-state index contributed by atoms with van der Waals surface area (Å²) in [6.07, 6.45) is 7.83. The van der Waals surface area contributed by atoms with Crippen molar-refractivity contribution in [2.24, 2.45) is 5.92 Å². The van der Waals surface area contributed by atoms with Gasteiger partial charge in [-0.1, -0.05) is 18.7 Å². The van der Waals surface area contributed by atoms with E-state index < -0.39 is 0 Å². The van der Waals surface area contributed by atoms with Crippen LogP contribution in [0.2, 0.25) is 0 Å². The molecule has 2 aromatic heterocycles. The van der Waals surface area contributed by atoms with Crippen LogP contribution in [0.5, 0.6) is 0 Å². The van der Waals surface area contributed by atoms with E-state index in [1.54, 1.807) is 11.3 Å². The minimum absolute atomic E-state index is 0.0773. The third kappa shape index (κ3) is 3.46. The molecule has 1 N–H and O–H groups in total. The van der Waals surface area contributed by atoms with E-state index >= 15 is 0 Å². The Hall–Kier alpha value is -1.85. The van der Waals surface area contributed by atoms with Gasteiger partial charge in [0.2, 0.25) is 5.91 Å². The number of fused-ring (bicyclic) bond motifs is 1. The molecule has 2 saturated carbocycles. The van der Waals surface area contributed by atoms with Crippen LogP contribution in [-0.2, 0) is 17.6 Å². The van der Waals surface area contributed by atoms with Crippen molar-refractivity contribution in [1.29, 1.82) is 5.26 Å². The molecule has 0 saturated heterocycles. The van der Waals surface area contributed by atoms with Crippen LogP contribution >= 0.6 is 23.1 Å². The summed E-state index contributed by atoms with van der Waals surface area (Å²) in [6.45, 7) is 2.25. The number of nitrogens with zero attached hydrogens (tertiary/aromatic N) is 4. The lowest BCUT2D eigenvalue weighted by atomic mass is 9.89. The quantitative estimate of drug-likeness (QED) is 0.715. The maximum atomic E-state index is 12.6. The predicted molar refractivity (Wildman–Crippen MR) is 110 cm³/mol. The molecule has 2 heterocycles. The van der Waals surface area contributed by atoms with Gasteiger partial charge in [0.1, 0.15) is 16.9 Å². The second kappa shape index (κ2) is 7.20. The van der Waals surface area contributed by atoms with Gasteiger partial charge in [-0.3, -0.25) is 4.79 Å². The second-order valence-corrected chi connectivity index (χ2v) is 10.3. The molecule has 146 valence electrons. The molecule has 0 aliphatic heterocycles. The van der Waals surface area contributed by atoms with Crippen LogP contribution in [0.15, 0.2) is 5.16 Å². The molecule has 0 unspecified atom stereocenters. The van der Waals surface area contributed by atoms with E-state index in [4.69, 9.17) is 0 Å². The van der Waals surface area contributed by atoms with E-state index in [0.29, 0.717) is 29.2 Å². The zero-order valence-electron chi connectivity index (χ0n) is 15.9. The third-order valence-electron chi connectivity index (χ3n) is 5.75. The molecule has 0 aromatic carbocycles. The summed E-state index contributed by atoms with van der Waals surface area (Å²) in [6, 6.07) is 2.84. The van der Waals surface area contributed by atoms with Crippen LogP contribution in [0.1, 0.15) is 72.8 Å². The van der Waals surface area contributed by atoms with E-state index in [9.17, 15) is 10.1 Å². The number of hydrogen-bond donors (Lipinski definition) is 1. The standard InChI is InChI=1S/C20H23N5OS2/c1-11-2-7-14-15(9-21)19(28-16(14)8-11)22-17(26)10-27-20-24-23-18(12-3-4-12)25(20)13-5-6-13/h11-13H,2-8,10H2,1H3,(H,22,26)/t11-/m0/s1. The van der Waals surface area contributed by atoms with E-state index in [0.717, 1.165) is 40.8 Å². The molecule has 2 aromatic rings. The number of nitrogens with one attached hydrogen (secondary N) is 1. The van der Waals surface area contributed by atoms with Gasteiger partial charge in [-0.15, -0.1) is 21.5 Å². The lowest BCUT2D eigenvalue weighted by Crippen LogP contribution is -2.15. The summed E-state index contributed by atoms with van der Waals surface area (Å²) in [5.74, 6) is 2.53. The number of hydrogen-bond acceptors (Lipinski definition) is 6. The molecule has 5 rings (SSSR count). The Kier molecular flexibility index (Phi) is 4.68. The average molecular weight is 414 g/mol. The molecule has 8 heteroatoms. The number of anilines is 1. The topological polar surface area (TPSA) is 83.6 Å². The number of amides is 1. The van der Waals surface area contributed by atoms with Gasteiger partial charge < -0.3 is 9.88 Å². The van der Waals surface area contributed by atoms with E-state index in [1.807, 2.05) is 0 Å². The average Bonchev–Trinajstić information content (AvgIpc) is 3.61. The fourth-order valence-electron chi connectivity index (χ4n) is 3.93. The highest BCUT2D eigenvalue weighted by Gasteiger charge is 2.36. The number of rotatable bonds is 6.